The van der Waals surface area contributed by atoms with Crippen molar-refractivity contribution in [3.63, 3.8) is 0 Å². The Balaban J connectivity index is 1.55. The van der Waals surface area contributed by atoms with Gasteiger partial charge in [-0.05, 0) is 43.3 Å². The van der Waals surface area contributed by atoms with E-state index in [0.717, 1.165) is 5.56 Å². The van der Waals surface area contributed by atoms with Crippen molar-refractivity contribution in [3.8, 4) is 10.6 Å². The molecular formula is C19H15FN2O3S. The van der Waals surface area contributed by atoms with Crippen LogP contribution >= 0.6 is 11.3 Å². The molecule has 132 valence electrons. The lowest BCUT2D eigenvalue weighted by molar-refractivity contribution is -0.119. The number of thiazole rings is 1. The molecule has 26 heavy (non-hydrogen) atoms. The Morgan fingerprint density at radius 1 is 1.12 bits per heavy atom. The predicted molar refractivity (Wildman–Crippen MR) is 97.6 cm³/mol. The van der Waals surface area contributed by atoms with E-state index in [1.165, 1.54) is 23.5 Å². The Morgan fingerprint density at radius 2 is 1.81 bits per heavy atom. The maximum atomic E-state index is 13.0. The van der Waals surface area contributed by atoms with Crippen LogP contribution in [0, 0.1) is 12.7 Å². The highest BCUT2D eigenvalue weighted by Crippen LogP contribution is 2.24. The van der Waals surface area contributed by atoms with Crippen LogP contribution in [-0.2, 0) is 9.53 Å². The van der Waals surface area contributed by atoms with Gasteiger partial charge in [0, 0.05) is 16.6 Å². The third-order valence-corrected chi connectivity index (χ3v) is 4.37. The standard InChI is InChI=1S/C19H15FN2O3S/c1-12-2-8-15(9-3-12)21-17(23)10-25-19(24)16-11-26-18(22-16)13-4-6-14(20)7-5-13/h2-9,11H,10H2,1H3,(H,21,23). The molecule has 0 fully saturated rings. The fourth-order valence-corrected chi connectivity index (χ4v) is 2.93. The van der Waals surface area contributed by atoms with E-state index in [1.807, 2.05) is 19.1 Å². The number of nitrogens with zero attached hydrogens (tertiary/aromatic N) is 1. The number of aryl methyl sites for hydroxylation is 1. The molecule has 0 bridgehead atoms. The van der Waals surface area contributed by atoms with Gasteiger partial charge in [-0.3, -0.25) is 4.79 Å². The Labute approximate surface area is 153 Å². The summed E-state index contributed by atoms with van der Waals surface area (Å²) < 4.78 is 17.9. The number of esters is 1. The molecule has 1 heterocycles. The largest absolute Gasteiger partial charge is 0.451 e. The van der Waals surface area contributed by atoms with Gasteiger partial charge in [-0.25, -0.2) is 14.2 Å². The molecule has 3 aromatic rings. The molecule has 0 atom stereocenters. The van der Waals surface area contributed by atoms with Crippen LogP contribution in [0.2, 0.25) is 0 Å². The second kappa shape index (κ2) is 7.88. The van der Waals surface area contributed by atoms with Crippen molar-refractivity contribution in [2.24, 2.45) is 0 Å². The number of amides is 1. The summed E-state index contributed by atoms with van der Waals surface area (Å²) in [6.07, 6.45) is 0. The van der Waals surface area contributed by atoms with Crippen molar-refractivity contribution in [2.75, 3.05) is 11.9 Å². The van der Waals surface area contributed by atoms with Gasteiger partial charge in [0.1, 0.15) is 10.8 Å². The fraction of sp³-hybridized carbons (Fsp3) is 0.105. The molecule has 0 unspecified atom stereocenters. The summed E-state index contributed by atoms with van der Waals surface area (Å²) in [5.41, 5.74) is 2.52. The number of halogens is 1. The van der Waals surface area contributed by atoms with Crippen molar-refractivity contribution < 1.29 is 18.7 Å². The number of anilines is 1. The van der Waals surface area contributed by atoms with Crippen LogP contribution in [0.5, 0.6) is 0 Å². The normalized spacial score (nSPS) is 10.4. The Kier molecular flexibility index (Phi) is 5.38. The van der Waals surface area contributed by atoms with Gasteiger partial charge in [-0.1, -0.05) is 17.7 Å². The molecule has 0 saturated heterocycles. The van der Waals surface area contributed by atoms with Crippen molar-refractivity contribution in [1.29, 1.82) is 0 Å². The van der Waals surface area contributed by atoms with Gasteiger partial charge < -0.3 is 10.1 Å². The number of carbonyl (C=O) groups is 2. The Morgan fingerprint density at radius 3 is 2.50 bits per heavy atom. The molecule has 2 aromatic carbocycles. The first-order chi connectivity index (χ1) is 12.5. The summed E-state index contributed by atoms with van der Waals surface area (Å²) in [4.78, 5) is 28.0. The number of rotatable bonds is 5. The SMILES string of the molecule is Cc1ccc(NC(=O)COC(=O)c2csc(-c3ccc(F)cc3)n2)cc1. The quantitative estimate of drug-likeness (QED) is 0.688. The van der Waals surface area contributed by atoms with Gasteiger partial charge in [-0.2, -0.15) is 0 Å². The molecule has 1 N–H and O–H groups in total. The van der Waals surface area contributed by atoms with Gasteiger partial charge in [0.15, 0.2) is 12.3 Å². The van der Waals surface area contributed by atoms with E-state index in [9.17, 15) is 14.0 Å². The van der Waals surface area contributed by atoms with Gasteiger partial charge >= 0.3 is 5.97 Å². The summed E-state index contributed by atoms with van der Waals surface area (Å²) in [7, 11) is 0. The first-order valence-electron chi connectivity index (χ1n) is 7.76. The summed E-state index contributed by atoms with van der Waals surface area (Å²) >= 11 is 1.24. The average Bonchev–Trinajstić information content (AvgIpc) is 3.12. The highest BCUT2D eigenvalue weighted by atomic mass is 32.1. The molecule has 1 aromatic heterocycles. The molecule has 0 aliphatic carbocycles. The second-order valence-corrected chi connectivity index (χ2v) is 6.39. The number of benzene rings is 2. The third kappa shape index (κ3) is 4.52. The number of ether oxygens (including phenoxy) is 1. The maximum Gasteiger partial charge on any atom is 0.358 e. The second-order valence-electron chi connectivity index (χ2n) is 5.54. The minimum absolute atomic E-state index is 0.109. The fourth-order valence-electron chi connectivity index (χ4n) is 2.13. The van der Waals surface area contributed by atoms with Crippen molar-refractivity contribution in [1.82, 2.24) is 4.98 Å². The smallest absolute Gasteiger partial charge is 0.358 e. The maximum absolute atomic E-state index is 13.0. The zero-order chi connectivity index (χ0) is 18.5. The number of hydrogen-bond donors (Lipinski definition) is 1. The molecule has 3 rings (SSSR count). The molecule has 0 aliphatic heterocycles. The van der Waals surface area contributed by atoms with E-state index in [-0.39, 0.29) is 11.5 Å². The Hall–Kier alpha value is -3.06. The van der Waals surface area contributed by atoms with Crippen LogP contribution in [0.4, 0.5) is 10.1 Å². The average molecular weight is 370 g/mol. The van der Waals surface area contributed by atoms with Crippen LogP contribution in [0.15, 0.2) is 53.9 Å². The highest BCUT2D eigenvalue weighted by molar-refractivity contribution is 7.13. The van der Waals surface area contributed by atoms with E-state index in [1.54, 1.807) is 29.6 Å². The molecule has 0 spiro atoms. The van der Waals surface area contributed by atoms with Crippen LogP contribution in [0.1, 0.15) is 16.1 Å². The van der Waals surface area contributed by atoms with Gasteiger partial charge in [-0.15, -0.1) is 11.3 Å². The zero-order valence-corrected chi connectivity index (χ0v) is 14.7. The minimum atomic E-state index is -0.686. The Bertz CT molecular complexity index is 921. The lowest BCUT2D eigenvalue weighted by Gasteiger charge is -2.06. The van der Waals surface area contributed by atoms with E-state index < -0.39 is 18.5 Å². The summed E-state index contributed by atoms with van der Waals surface area (Å²) in [6, 6.07) is 13.1. The summed E-state index contributed by atoms with van der Waals surface area (Å²) in [6.45, 7) is 1.54. The molecule has 0 saturated carbocycles. The van der Waals surface area contributed by atoms with Crippen molar-refractivity contribution in [3.05, 3.63) is 71.0 Å². The molecule has 5 nitrogen and oxygen atoms in total. The lowest BCUT2D eigenvalue weighted by atomic mass is 10.2. The number of aromatic nitrogens is 1. The van der Waals surface area contributed by atoms with Crippen LogP contribution in [0.25, 0.3) is 10.6 Å². The van der Waals surface area contributed by atoms with Gasteiger partial charge in [0.2, 0.25) is 0 Å². The molecule has 7 heteroatoms. The van der Waals surface area contributed by atoms with E-state index in [0.29, 0.717) is 16.3 Å². The van der Waals surface area contributed by atoms with E-state index in [4.69, 9.17) is 4.74 Å². The van der Waals surface area contributed by atoms with E-state index in [2.05, 4.69) is 10.3 Å². The topological polar surface area (TPSA) is 68.3 Å². The van der Waals surface area contributed by atoms with E-state index >= 15 is 0 Å². The third-order valence-electron chi connectivity index (χ3n) is 3.47. The summed E-state index contributed by atoms with van der Waals surface area (Å²) in [5.74, 6) is -1.46. The number of nitrogens with one attached hydrogen (secondary N) is 1. The van der Waals surface area contributed by atoms with Crippen LogP contribution in [0.3, 0.4) is 0 Å². The minimum Gasteiger partial charge on any atom is -0.451 e. The van der Waals surface area contributed by atoms with Crippen molar-refractivity contribution >= 4 is 28.9 Å². The predicted octanol–water partition coefficient (Wildman–Crippen LogP) is 4.05. The van der Waals surface area contributed by atoms with Crippen LogP contribution < -0.4 is 5.32 Å². The van der Waals surface area contributed by atoms with Gasteiger partial charge in [0.05, 0.1) is 0 Å². The lowest BCUT2D eigenvalue weighted by Crippen LogP contribution is -2.21. The molecular weight excluding hydrogens is 355 g/mol. The van der Waals surface area contributed by atoms with Crippen LogP contribution in [-0.4, -0.2) is 23.5 Å². The molecule has 0 aliphatic rings. The summed E-state index contributed by atoms with van der Waals surface area (Å²) in [5, 5.41) is 4.75. The van der Waals surface area contributed by atoms with Gasteiger partial charge in [0.25, 0.3) is 5.91 Å². The number of hydrogen-bond acceptors (Lipinski definition) is 5. The highest BCUT2D eigenvalue weighted by Gasteiger charge is 2.15. The van der Waals surface area contributed by atoms with Crippen molar-refractivity contribution in [2.45, 2.75) is 6.92 Å². The first kappa shape index (κ1) is 17.8. The molecule has 0 radical (unpaired) electrons. The molecule has 1 amide bonds. The number of carbonyl (C=O) groups excluding carboxylic acids is 2. The zero-order valence-electron chi connectivity index (χ0n) is 13.9. The first-order valence-corrected chi connectivity index (χ1v) is 8.64. The monoisotopic (exact) mass is 370 g/mol.